The number of allylic oxidation sites excluding steroid dienone is 1. The fourth-order valence-electron chi connectivity index (χ4n) is 5.34. The van der Waals surface area contributed by atoms with Crippen LogP contribution in [0.25, 0.3) is 22.8 Å². The molecule has 2 aliphatic rings. The molecule has 0 saturated heterocycles. The summed E-state index contributed by atoms with van der Waals surface area (Å²) >= 11 is 0. The third-order valence-corrected chi connectivity index (χ3v) is 7.38. The first kappa shape index (κ1) is 23.3. The summed E-state index contributed by atoms with van der Waals surface area (Å²) in [6, 6.07) is 15.6. The molecule has 0 radical (unpaired) electrons. The average Bonchev–Trinajstić information content (AvgIpc) is 3.73. The second-order valence-corrected chi connectivity index (χ2v) is 9.58. The molecule has 1 saturated carbocycles. The van der Waals surface area contributed by atoms with Crippen molar-refractivity contribution in [2.45, 2.75) is 38.5 Å². The highest BCUT2D eigenvalue weighted by molar-refractivity contribution is 5.85. The molecule has 3 aromatic rings. The van der Waals surface area contributed by atoms with Gasteiger partial charge in [-0.3, -0.25) is 4.79 Å². The summed E-state index contributed by atoms with van der Waals surface area (Å²) in [4.78, 5) is 16.4. The van der Waals surface area contributed by atoms with Gasteiger partial charge in [-0.1, -0.05) is 43.3 Å². The summed E-state index contributed by atoms with van der Waals surface area (Å²) in [5.41, 5.74) is 6.83. The van der Waals surface area contributed by atoms with Crippen LogP contribution in [-0.2, 0) is 16.0 Å². The van der Waals surface area contributed by atoms with Gasteiger partial charge in [-0.15, -0.1) is 0 Å². The number of ether oxygens (including phenoxy) is 2. The highest BCUT2D eigenvalue weighted by Gasteiger charge is 2.39. The van der Waals surface area contributed by atoms with Gasteiger partial charge < -0.3 is 9.47 Å². The van der Waals surface area contributed by atoms with Gasteiger partial charge >= 0.3 is 5.97 Å². The zero-order valence-corrected chi connectivity index (χ0v) is 20.4. The van der Waals surface area contributed by atoms with Gasteiger partial charge in [0.15, 0.2) is 0 Å². The third-order valence-electron chi connectivity index (χ3n) is 7.38. The second kappa shape index (κ2) is 9.65. The number of aromatic nitrogens is 1. The van der Waals surface area contributed by atoms with E-state index in [1.54, 1.807) is 25.4 Å². The molecule has 5 heteroatoms. The van der Waals surface area contributed by atoms with Crippen molar-refractivity contribution in [3.8, 4) is 17.0 Å². The molecular formula is C30H30FNO3. The Morgan fingerprint density at radius 2 is 1.83 bits per heavy atom. The normalized spacial score (nSPS) is 16.6. The standard InChI is InChI=1S/C30H30FNO3/c1-18(30(33)35-3)29(20-6-7-20)24-9-5-19-4-8-23(14-25(19)15-24)26-11-10-21(16-27(26)31)22-12-13-32-28(17-22)34-2/h5,9-18,20,29H,4,6-8H2,1-3H3/t18-,29-/m1/s1. The van der Waals surface area contributed by atoms with E-state index >= 15 is 4.39 Å². The summed E-state index contributed by atoms with van der Waals surface area (Å²) in [6.07, 6.45) is 7.72. The molecule has 180 valence electrons. The Hall–Kier alpha value is -3.47. The van der Waals surface area contributed by atoms with Crippen molar-refractivity contribution in [1.82, 2.24) is 4.98 Å². The van der Waals surface area contributed by atoms with Gasteiger partial charge in [-0.25, -0.2) is 9.37 Å². The molecule has 1 heterocycles. The molecule has 2 aromatic carbocycles. The molecule has 0 spiro atoms. The summed E-state index contributed by atoms with van der Waals surface area (Å²) in [5.74, 6) is 0.588. The SMILES string of the molecule is COC(=O)[C@H](C)[C@@H](c1ccc2c(c1)C=C(c1ccc(-c3ccnc(OC)c3)cc1F)CC2)C1CC1. The number of hydrogen-bond donors (Lipinski definition) is 0. The molecule has 0 N–H and O–H groups in total. The number of halogens is 1. The summed E-state index contributed by atoms with van der Waals surface area (Å²) in [6.45, 7) is 1.96. The molecule has 0 amide bonds. The Labute approximate surface area is 205 Å². The molecule has 0 bridgehead atoms. The Kier molecular flexibility index (Phi) is 6.42. The average molecular weight is 472 g/mol. The maximum Gasteiger partial charge on any atom is 0.309 e. The van der Waals surface area contributed by atoms with E-state index in [4.69, 9.17) is 9.47 Å². The molecular weight excluding hydrogens is 441 g/mol. The fraction of sp³-hybridized carbons (Fsp3) is 0.333. The zero-order valence-electron chi connectivity index (χ0n) is 20.4. The van der Waals surface area contributed by atoms with E-state index in [9.17, 15) is 4.79 Å². The smallest absolute Gasteiger partial charge is 0.309 e. The first-order valence-electron chi connectivity index (χ1n) is 12.2. The van der Waals surface area contributed by atoms with Crippen molar-refractivity contribution in [3.05, 3.63) is 82.8 Å². The van der Waals surface area contributed by atoms with Crippen LogP contribution in [0.3, 0.4) is 0 Å². The number of fused-ring (bicyclic) bond motifs is 1. The summed E-state index contributed by atoms with van der Waals surface area (Å²) in [5, 5.41) is 0. The van der Waals surface area contributed by atoms with E-state index < -0.39 is 0 Å². The maximum absolute atomic E-state index is 15.3. The van der Waals surface area contributed by atoms with Crippen molar-refractivity contribution >= 4 is 17.6 Å². The van der Waals surface area contributed by atoms with Crippen molar-refractivity contribution in [3.63, 3.8) is 0 Å². The minimum atomic E-state index is -0.237. The van der Waals surface area contributed by atoms with Gasteiger partial charge in [-0.05, 0) is 83.0 Å². The number of carbonyl (C=O) groups excluding carboxylic acids is 1. The van der Waals surface area contributed by atoms with Crippen LogP contribution in [-0.4, -0.2) is 25.2 Å². The first-order valence-corrected chi connectivity index (χ1v) is 12.2. The number of aryl methyl sites for hydroxylation is 1. The Bertz CT molecular complexity index is 1290. The van der Waals surface area contributed by atoms with Crippen molar-refractivity contribution in [2.75, 3.05) is 14.2 Å². The zero-order chi connectivity index (χ0) is 24.5. The van der Waals surface area contributed by atoms with E-state index in [1.807, 2.05) is 25.1 Å². The van der Waals surface area contributed by atoms with Gasteiger partial charge in [-0.2, -0.15) is 0 Å². The predicted octanol–water partition coefficient (Wildman–Crippen LogP) is 6.69. The highest BCUT2D eigenvalue weighted by Crippen LogP contribution is 2.47. The van der Waals surface area contributed by atoms with E-state index in [2.05, 4.69) is 29.3 Å². The lowest BCUT2D eigenvalue weighted by molar-refractivity contribution is -0.145. The van der Waals surface area contributed by atoms with Crippen LogP contribution in [0.1, 0.15) is 54.4 Å². The van der Waals surface area contributed by atoms with Gasteiger partial charge in [0, 0.05) is 17.8 Å². The maximum atomic E-state index is 15.3. The van der Waals surface area contributed by atoms with Gasteiger partial charge in [0.1, 0.15) is 5.82 Å². The number of carbonyl (C=O) groups is 1. The number of benzene rings is 2. The van der Waals surface area contributed by atoms with Crippen LogP contribution < -0.4 is 4.74 Å². The molecule has 5 rings (SSSR count). The monoisotopic (exact) mass is 471 g/mol. The number of hydrogen-bond acceptors (Lipinski definition) is 4. The lowest BCUT2D eigenvalue weighted by Gasteiger charge is -2.25. The molecule has 1 aromatic heterocycles. The van der Waals surface area contributed by atoms with Crippen molar-refractivity contribution in [1.29, 1.82) is 0 Å². The number of methoxy groups -OCH3 is 2. The van der Waals surface area contributed by atoms with Crippen LogP contribution in [0.4, 0.5) is 4.39 Å². The number of rotatable bonds is 7. The van der Waals surface area contributed by atoms with Gasteiger partial charge in [0.2, 0.25) is 5.88 Å². The Morgan fingerprint density at radius 1 is 1.03 bits per heavy atom. The fourth-order valence-corrected chi connectivity index (χ4v) is 5.34. The van der Waals surface area contributed by atoms with Crippen LogP contribution >= 0.6 is 0 Å². The number of esters is 1. The Morgan fingerprint density at radius 3 is 2.54 bits per heavy atom. The first-order chi connectivity index (χ1) is 17.0. The molecule has 2 aliphatic carbocycles. The topological polar surface area (TPSA) is 48.4 Å². The predicted molar refractivity (Wildman–Crippen MR) is 135 cm³/mol. The second-order valence-electron chi connectivity index (χ2n) is 9.58. The van der Waals surface area contributed by atoms with Gasteiger partial charge in [0.25, 0.3) is 0 Å². The summed E-state index contributed by atoms with van der Waals surface area (Å²) < 4.78 is 25.5. The molecule has 0 unspecified atom stereocenters. The lowest BCUT2D eigenvalue weighted by Crippen LogP contribution is -2.22. The molecule has 1 fully saturated rings. The summed E-state index contributed by atoms with van der Waals surface area (Å²) in [7, 11) is 3.02. The van der Waals surface area contributed by atoms with Crippen LogP contribution in [0, 0.1) is 17.7 Å². The van der Waals surface area contributed by atoms with Crippen molar-refractivity contribution < 1.29 is 18.7 Å². The minimum Gasteiger partial charge on any atom is -0.481 e. The highest BCUT2D eigenvalue weighted by atomic mass is 19.1. The molecule has 4 nitrogen and oxygen atoms in total. The van der Waals surface area contributed by atoms with E-state index in [0.717, 1.165) is 47.9 Å². The molecule has 0 aliphatic heterocycles. The number of pyridine rings is 1. The number of nitrogens with zero attached hydrogens (tertiary/aromatic N) is 1. The minimum absolute atomic E-state index is 0.153. The quantitative estimate of drug-likeness (QED) is 0.360. The third kappa shape index (κ3) is 4.72. The van der Waals surface area contributed by atoms with E-state index in [1.165, 1.54) is 18.2 Å². The van der Waals surface area contributed by atoms with E-state index in [-0.39, 0.29) is 23.6 Å². The van der Waals surface area contributed by atoms with Crippen LogP contribution in [0.2, 0.25) is 0 Å². The van der Waals surface area contributed by atoms with Crippen LogP contribution in [0.15, 0.2) is 54.7 Å². The van der Waals surface area contributed by atoms with E-state index in [0.29, 0.717) is 17.4 Å². The lowest BCUT2D eigenvalue weighted by atomic mass is 9.80. The van der Waals surface area contributed by atoms with Gasteiger partial charge in [0.05, 0.1) is 20.1 Å². The molecule has 35 heavy (non-hydrogen) atoms. The van der Waals surface area contributed by atoms with Crippen LogP contribution in [0.5, 0.6) is 5.88 Å². The van der Waals surface area contributed by atoms with Crippen molar-refractivity contribution in [2.24, 2.45) is 11.8 Å². The molecule has 2 atom stereocenters. The largest absolute Gasteiger partial charge is 0.481 e. The Balaban J connectivity index is 1.46.